The van der Waals surface area contributed by atoms with Crippen LogP contribution >= 0.6 is 0 Å². The van der Waals surface area contributed by atoms with Gasteiger partial charge in [0.05, 0.1) is 29.4 Å². The van der Waals surface area contributed by atoms with Crippen LogP contribution in [-0.4, -0.2) is 44.5 Å². The molecule has 1 aromatic carbocycles. The van der Waals surface area contributed by atoms with E-state index in [2.05, 4.69) is 26.4 Å². The van der Waals surface area contributed by atoms with Gasteiger partial charge in [-0.15, -0.1) is 6.42 Å². The number of carbonyl (C=O) groups is 2. The normalized spacial score (nSPS) is 14.3. The molecule has 1 aliphatic rings. The Labute approximate surface area is 168 Å². The molecule has 3 N–H and O–H groups in total. The zero-order valence-corrected chi connectivity index (χ0v) is 16.7. The summed E-state index contributed by atoms with van der Waals surface area (Å²) in [7, 11) is 0. The Kier molecular flexibility index (Phi) is 4.63. The monoisotopic (exact) mass is 389 g/mol. The van der Waals surface area contributed by atoms with Crippen molar-refractivity contribution in [2.75, 3.05) is 6.54 Å². The Morgan fingerprint density at radius 1 is 1.34 bits per heavy atom. The summed E-state index contributed by atoms with van der Waals surface area (Å²) in [6.07, 6.45) is 5.89. The van der Waals surface area contributed by atoms with Crippen LogP contribution < -0.4 is 5.32 Å². The van der Waals surface area contributed by atoms with Gasteiger partial charge in [-0.2, -0.15) is 5.10 Å². The van der Waals surface area contributed by atoms with Crippen LogP contribution in [0.15, 0.2) is 18.2 Å². The zero-order valence-electron chi connectivity index (χ0n) is 16.7. The molecular formula is C22H23N5O2. The van der Waals surface area contributed by atoms with E-state index in [0.717, 1.165) is 33.4 Å². The molecular weight excluding hydrogens is 366 g/mol. The van der Waals surface area contributed by atoms with Crippen molar-refractivity contribution in [3.8, 4) is 12.3 Å². The van der Waals surface area contributed by atoms with Crippen molar-refractivity contribution in [3.05, 3.63) is 52.0 Å². The fraction of sp³-hybridized carbons (Fsp3) is 0.318. The summed E-state index contributed by atoms with van der Waals surface area (Å²) in [5, 5.41) is 10.9. The molecule has 1 aliphatic heterocycles. The fourth-order valence-electron chi connectivity index (χ4n) is 3.82. The van der Waals surface area contributed by atoms with Gasteiger partial charge in [0.1, 0.15) is 0 Å². The lowest BCUT2D eigenvalue weighted by atomic mass is 10.0. The zero-order chi connectivity index (χ0) is 20.7. The summed E-state index contributed by atoms with van der Waals surface area (Å²) >= 11 is 0. The number of carbonyl (C=O) groups excluding carboxylic acids is 2. The van der Waals surface area contributed by atoms with Crippen LogP contribution in [0.1, 0.15) is 50.3 Å². The molecule has 2 aromatic heterocycles. The minimum Gasteiger partial charge on any atom is -0.358 e. The maximum Gasteiger partial charge on any atom is 0.273 e. The molecule has 2 amide bonds. The third-order valence-electron chi connectivity index (χ3n) is 5.61. The highest BCUT2D eigenvalue weighted by Gasteiger charge is 2.29. The molecule has 0 saturated carbocycles. The second kappa shape index (κ2) is 7.13. The predicted octanol–water partition coefficient (Wildman–Crippen LogP) is 2.46. The second-order valence-corrected chi connectivity index (χ2v) is 7.47. The summed E-state index contributed by atoms with van der Waals surface area (Å²) in [5.74, 6) is 2.14. The van der Waals surface area contributed by atoms with Crippen LogP contribution in [0.2, 0.25) is 0 Å². The maximum absolute atomic E-state index is 13.2. The number of fused-ring (bicyclic) bond motifs is 2. The minimum absolute atomic E-state index is 0.0379. The molecule has 0 aliphatic carbocycles. The number of H-pyrrole nitrogens is 2. The van der Waals surface area contributed by atoms with Crippen LogP contribution in [-0.2, 0) is 13.0 Å². The molecule has 0 saturated heterocycles. The van der Waals surface area contributed by atoms with E-state index in [4.69, 9.17) is 6.42 Å². The largest absolute Gasteiger partial charge is 0.358 e. The first kappa shape index (κ1) is 18.8. The van der Waals surface area contributed by atoms with E-state index < -0.39 is 0 Å². The number of nitrogens with one attached hydrogen (secondary N) is 3. The fourth-order valence-corrected chi connectivity index (χ4v) is 3.82. The highest BCUT2D eigenvalue weighted by atomic mass is 16.2. The number of hydrogen-bond donors (Lipinski definition) is 3. The predicted molar refractivity (Wildman–Crippen MR) is 111 cm³/mol. The summed E-state index contributed by atoms with van der Waals surface area (Å²) in [6.45, 7) is 6.70. The van der Waals surface area contributed by atoms with Crippen molar-refractivity contribution in [2.24, 2.45) is 0 Å². The molecule has 0 fully saturated rings. The standard InChI is InChI=1S/C22H23N5O2/c1-5-12(2)23-21(28)20-16-9-10-27(11-18(16)25-26-20)22(29)17-8-6-7-15-13(3)14(4)24-19(15)17/h1,6-8,12,24H,9-11H2,2-4H3,(H,23,28)(H,25,26). The second-order valence-electron chi connectivity index (χ2n) is 7.47. The third kappa shape index (κ3) is 3.17. The van der Waals surface area contributed by atoms with Crippen molar-refractivity contribution in [2.45, 2.75) is 39.8 Å². The highest BCUT2D eigenvalue weighted by Crippen LogP contribution is 2.27. The van der Waals surface area contributed by atoms with Crippen molar-refractivity contribution >= 4 is 22.7 Å². The molecule has 0 bridgehead atoms. The van der Waals surface area contributed by atoms with E-state index in [1.807, 2.05) is 32.0 Å². The summed E-state index contributed by atoms with van der Waals surface area (Å²) in [6, 6.07) is 5.42. The van der Waals surface area contributed by atoms with Gasteiger partial charge < -0.3 is 15.2 Å². The lowest BCUT2D eigenvalue weighted by Crippen LogP contribution is -2.37. The Bertz CT molecular complexity index is 1160. The molecule has 148 valence electrons. The first-order chi connectivity index (χ1) is 13.9. The van der Waals surface area contributed by atoms with Gasteiger partial charge in [-0.1, -0.05) is 18.1 Å². The number of terminal acetylenes is 1. The molecule has 7 heteroatoms. The van der Waals surface area contributed by atoms with E-state index in [-0.39, 0.29) is 17.9 Å². The van der Waals surface area contributed by atoms with Crippen molar-refractivity contribution in [1.82, 2.24) is 25.4 Å². The van der Waals surface area contributed by atoms with Crippen molar-refractivity contribution in [1.29, 1.82) is 0 Å². The van der Waals surface area contributed by atoms with Crippen LogP contribution in [0.5, 0.6) is 0 Å². The molecule has 3 aromatic rings. The lowest BCUT2D eigenvalue weighted by molar-refractivity contribution is 0.0734. The van der Waals surface area contributed by atoms with Crippen LogP contribution in [0, 0.1) is 26.2 Å². The SMILES string of the molecule is C#CC(C)NC(=O)c1n[nH]c2c1CCN(C(=O)c1cccc3c(C)c(C)[nH]c13)C2. The lowest BCUT2D eigenvalue weighted by Gasteiger charge is -2.27. The van der Waals surface area contributed by atoms with Crippen molar-refractivity contribution in [3.63, 3.8) is 0 Å². The van der Waals surface area contributed by atoms with Crippen LogP contribution in [0.3, 0.4) is 0 Å². The number of amides is 2. The topological polar surface area (TPSA) is 93.9 Å². The average Bonchev–Trinajstić information content (AvgIpc) is 3.27. The van der Waals surface area contributed by atoms with Gasteiger partial charge in [0.25, 0.3) is 11.8 Å². The molecule has 0 radical (unpaired) electrons. The first-order valence-corrected chi connectivity index (χ1v) is 9.61. The molecule has 1 unspecified atom stereocenters. The Morgan fingerprint density at radius 3 is 2.90 bits per heavy atom. The molecule has 7 nitrogen and oxygen atoms in total. The van der Waals surface area contributed by atoms with E-state index in [1.165, 1.54) is 0 Å². The molecule has 4 rings (SSSR count). The molecule has 0 spiro atoms. The smallest absolute Gasteiger partial charge is 0.273 e. The van der Waals surface area contributed by atoms with Crippen LogP contribution in [0.4, 0.5) is 0 Å². The number of aryl methyl sites for hydroxylation is 2. The number of benzene rings is 1. The van der Waals surface area contributed by atoms with Crippen LogP contribution in [0.25, 0.3) is 10.9 Å². The summed E-state index contributed by atoms with van der Waals surface area (Å²) in [5.41, 5.74) is 5.72. The van der Waals surface area contributed by atoms with Gasteiger partial charge in [-0.3, -0.25) is 14.7 Å². The Morgan fingerprint density at radius 2 is 2.14 bits per heavy atom. The van der Waals surface area contributed by atoms with Gasteiger partial charge in [0.15, 0.2) is 5.69 Å². The van der Waals surface area contributed by atoms with Gasteiger partial charge in [-0.25, -0.2) is 0 Å². The van der Waals surface area contributed by atoms with Gasteiger partial charge >= 0.3 is 0 Å². The number of hydrogen-bond acceptors (Lipinski definition) is 3. The number of aromatic amines is 2. The molecule has 1 atom stereocenters. The number of nitrogens with zero attached hydrogens (tertiary/aromatic N) is 2. The van der Waals surface area contributed by atoms with Crippen molar-refractivity contribution < 1.29 is 9.59 Å². The maximum atomic E-state index is 13.2. The summed E-state index contributed by atoms with van der Waals surface area (Å²) < 4.78 is 0. The van der Waals surface area contributed by atoms with E-state index >= 15 is 0 Å². The first-order valence-electron chi connectivity index (χ1n) is 9.61. The van der Waals surface area contributed by atoms with Gasteiger partial charge in [-0.05, 0) is 38.8 Å². The average molecular weight is 389 g/mol. The summed E-state index contributed by atoms with van der Waals surface area (Å²) in [4.78, 5) is 30.8. The van der Waals surface area contributed by atoms with E-state index in [1.54, 1.807) is 11.8 Å². The third-order valence-corrected chi connectivity index (χ3v) is 5.61. The quantitative estimate of drug-likeness (QED) is 0.601. The van der Waals surface area contributed by atoms with Gasteiger partial charge in [0.2, 0.25) is 0 Å². The number of aromatic nitrogens is 3. The molecule has 29 heavy (non-hydrogen) atoms. The molecule has 3 heterocycles. The van der Waals surface area contributed by atoms with Gasteiger partial charge in [0, 0.05) is 23.2 Å². The van der Waals surface area contributed by atoms with E-state index in [9.17, 15) is 9.59 Å². The van der Waals surface area contributed by atoms with E-state index in [0.29, 0.717) is 30.8 Å². The highest BCUT2D eigenvalue weighted by molar-refractivity contribution is 6.06. The minimum atomic E-state index is -0.371. The number of rotatable bonds is 3. The number of para-hydroxylation sites is 1. The Hall–Kier alpha value is -3.53. The Balaban J connectivity index is 1.59.